The average Bonchev–Trinajstić information content (AvgIpc) is 3.14. The van der Waals surface area contributed by atoms with Gasteiger partial charge < -0.3 is 10.4 Å². The molecular formula is C16H20N4O2. The van der Waals surface area contributed by atoms with Gasteiger partial charge in [-0.25, -0.2) is 4.98 Å². The molecule has 0 bridgehead atoms. The van der Waals surface area contributed by atoms with Crippen LogP contribution in [0.1, 0.15) is 36.0 Å². The van der Waals surface area contributed by atoms with Crippen LogP contribution in [0, 0.1) is 0 Å². The molecule has 22 heavy (non-hydrogen) atoms. The maximum Gasteiger partial charge on any atom is 0.251 e. The molecule has 0 radical (unpaired) electrons. The summed E-state index contributed by atoms with van der Waals surface area (Å²) in [4.78, 5) is 16.3. The SMILES string of the molecule is Cn1cnc(-c2ccc(C(=O)NCC3(O)CCCC3)cc2)n1. The van der Waals surface area contributed by atoms with E-state index in [0.29, 0.717) is 17.9 Å². The van der Waals surface area contributed by atoms with Crippen LogP contribution in [0.2, 0.25) is 0 Å². The fourth-order valence-corrected chi connectivity index (χ4v) is 2.80. The first-order chi connectivity index (χ1) is 10.6. The van der Waals surface area contributed by atoms with Crippen LogP contribution in [0.25, 0.3) is 11.4 Å². The molecule has 1 aromatic heterocycles. The van der Waals surface area contributed by atoms with Gasteiger partial charge >= 0.3 is 0 Å². The minimum Gasteiger partial charge on any atom is -0.388 e. The van der Waals surface area contributed by atoms with E-state index >= 15 is 0 Å². The number of aryl methyl sites for hydroxylation is 1. The standard InChI is InChI=1S/C16H20N4O2/c1-20-11-18-14(19-20)12-4-6-13(7-5-12)15(21)17-10-16(22)8-2-3-9-16/h4-7,11,22H,2-3,8-10H2,1H3,(H,17,21). The Balaban J connectivity index is 1.63. The van der Waals surface area contributed by atoms with Crippen molar-refractivity contribution in [3.63, 3.8) is 0 Å². The average molecular weight is 300 g/mol. The van der Waals surface area contributed by atoms with Gasteiger partial charge in [-0.05, 0) is 25.0 Å². The van der Waals surface area contributed by atoms with E-state index in [-0.39, 0.29) is 5.91 Å². The molecule has 3 rings (SSSR count). The van der Waals surface area contributed by atoms with Crippen LogP contribution in [-0.4, -0.2) is 37.9 Å². The van der Waals surface area contributed by atoms with E-state index in [1.54, 1.807) is 23.1 Å². The number of hydrogen-bond acceptors (Lipinski definition) is 4. The van der Waals surface area contributed by atoms with Crippen molar-refractivity contribution in [2.24, 2.45) is 7.05 Å². The summed E-state index contributed by atoms with van der Waals surface area (Å²) in [5.74, 6) is 0.468. The lowest BCUT2D eigenvalue weighted by Crippen LogP contribution is -2.40. The quantitative estimate of drug-likeness (QED) is 0.897. The predicted molar refractivity (Wildman–Crippen MR) is 82.2 cm³/mol. The van der Waals surface area contributed by atoms with Gasteiger partial charge in [-0.1, -0.05) is 25.0 Å². The summed E-state index contributed by atoms with van der Waals surface area (Å²) in [5, 5.41) is 17.3. The molecule has 1 amide bonds. The van der Waals surface area contributed by atoms with Crippen molar-refractivity contribution in [2.45, 2.75) is 31.3 Å². The lowest BCUT2D eigenvalue weighted by atomic mass is 10.0. The summed E-state index contributed by atoms with van der Waals surface area (Å²) in [6, 6.07) is 7.16. The van der Waals surface area contributed by atoms with Crippen molar-refractivity contribution in [3.8, 4) is 11.4 Å². The van der Waals surface area contributed by atoms with Crippen LogP contribution in [0.4, 0.5) is 0 Å². The zero-order valence-electron chi connectivity index (χ0n) is 12.6. The maximum atomic E-state index is 12.1. The molecule has 0 saturated heterocycles. The molecule has 1 fully saturated rings. The van der Waals surface area contributed by atoms with Crippen LogP contribution in [0.3, 0.4) is 0 Å². The third-order valence-corrected chi connectivity index (χ3v) is 4.12. The number of aromatic nitrogens is 3. The van der Waals surface area contributed by atoms with Gasteiger partial charge in [0, 0.05) is 24.7 Å². The number of carbonyl (C=O) groups is 1. The minimum absolute atomic E-state index is 0.166. The largest absolute Gasteiger partial charge is 0.388 e. The molecule has 6 heteroatoms. The highest BCUT2D eigenvalue weighted by molar-refractivity contribution is 5.94. The molecule has 1 heterocycles. The zero-order valence-corrected chi connectivity index (χ0v) is 12.6. The molecule has 0 atom stereocenters. The third-order valence-electron chi connectivity index (χ3n) is 4.12. The minimum atomic E-state index is -0.729. The van der Waals surface area contributed by atoms with E-state index < -0.39 is 5.60 Å². The molecule has 6 nitrogen and oxygen atoms in total. The summed E-state index contributed by atoms with van der Waals surface area (Å²) in [6.45, 7) is 0.315. The fourth-order valence-electron chi connectivity index (χ4n) is 2.80. The summed E-state index contributed by atoms with van der Waals surface area (Å²) in [6.07, 6.45) is 5.21. The maximum absolute atomic E-state index is 12.1. The Kier molecular flexibility index (Phi) is 3.94. The van der Waals surface area contributed by atoms with Crippen molar-refractivity contribution in [1.82, 2.24) is 20.1 Å². The highest BCUT2D eigenvalue weighted by Crippen LogP contribution is 2.28. The molecule has 1 aliphatic rings. The second-order valence-corrected chi connectivity index (χ2v) is 5.93. The lowest BCUT2D eigenvalue weighted by molar-refractivity contribution is 0.0449. The van der Waals surface area contributed by atoms with Crippen molar-refractivity contribution in [3.05, 3.63) is 36.2 Å². The lowest BCUT2D eigenvalue weighted by Gasteiger charge is -2.22. The molecule has 1 saturated carbocycles. The first kappa shape index (κ1) is 14.7. The Morgan fingerprint density at radius 1 is 1.32 bits per heavy atom. The summed E-state index contributed by atoms with van der Waals surface area (Å²) < 4.78 is 1.64. The Labute approximate surface area is 129 Å². The molecule has 0 spiro atoms. The molecule has 116 valence electrons. The normalized spacial score (nSPS) is 16.6. The third kappa shape index (κ3) is 3.17. The van der Waals surface area contributed by atoms with Crippen molar-refractivity contribution in [2.75, 3.05) is 6.54 Å². The van der Waals surface area contributed by atoms with Crippen LogP contribution in [0.5, 0.6) is 0 Å². The fraction of sp³-hybridized carbons (Fsp3) is 0.438. The van der Waals surface area contributed by atoms with Gasteiger partial charge in [0.2, 0.25) is 0 Å². The summed E-state index contributed by atoms with van der Waals surface area (Å²) in [7, 11) is 1.81. The number of carbonyl (C=O) groups excluding carboxylic acids is 1. The van der Waals surface area contributed by atoms with Gasteiger partial charge in [-0.15, -0.1) is 0 Å². The van der Waals surface area contributed by atoms with E-state index in [0.717, 1.165) is 31.2 Å². The van der Waals surface area contributed by atoms with E-state index in [2.05, 4.69) is 15.4 Å². The number of aliphatic hydroxyl groups is 1. The van der Waals surface area contributed by atoms with Gasteiger partial charge in [-0.3, -0.25) is 9.48 Å². The number of rotatable bonds is 4. The first-order valence-electron chi connectivity index (χ1n) is 7.52. The van der Waals surface area contributed by atoms with E-state index in [9.17, 15) is 9.90 Å². The summed E-state index contributed by atoms with van der Waals surface area (Å²) in [5.41, 5.74) is 0.709. The number of benzene rings is 1. The number of nitrogens with zero attached hydrogens (tertiary/aromatic N) is 3. The highest BCUT2D eigenvalue weighted by atomic mass is 16.3. The molecule has 2 aromatic rings. The van der Waals surface area contributed by atoms with E-state index in [1.807, 2.05) is 19.2 Å². The Hall–Kier alpha value is -2.21. The Bertz CT molecular complexity index is 657. The van der Waals surface area contributed by atoms with Crippen LogP contribution < -0.4 is 5.32 Å². The molecule has 2 N–H and O–H groups in total. The molecule has 0 aliphatic heterocycles. The second-order valence-electron chi connectivity index (χ2n) is 5.93. The van der Waals surface area contributed by atoms with Crippen LogP contribution >= 0.6 is 0 Å². The number of amides is 1. The van der Waals surface area contributed by atoms with E-state index in [1.165, 1.54) is 0 Å². The second kappa shape index (κ2) is 5.88. The zero-order chi connectivity index (χ0) is 15.6. The van der Waals surface area contributed by atoms with Crippen LogP contribution in [0.15, 0.2) is 30.6 Å². The molecular weight excluding hydrogens is 280 g/mol. The van der Waals surface area contributed by atoms with Gasteiger partial charge in [0.15, 0.2) is 5.82 Å². The molecule has 1 aromatic carbocycles. The van der Waals surface area contributed by atoms with Crippen molar-refractivity contribution < 1.29 is 9.90 Å². The smallest absolute Gasteiger partial charge is 0.251 e. The first-order valence-corrected chi connectivity index (χ1v) is 7.52. The molecule has 1 aliphatic carbocycles. The van der Waals surface area contributed by atoms with Gasteiger partial charge in [0.25, 0.3) is 5.91 Å². The van der Waals surface area contributed by atoms with Crippen LogP contribution in [-0.2, 0) is 7.05 Å². The van der Waals surface area contributed by atoms with E-state index in [4.69, 9.17) is 0 Å². The monoisotopic (exact) mass is 300 g/mol. The number of hydrogen-bond donors (Lipinski definition) is 2. The Morgan fingerprint density at radius 3 is 2.59 bits per heavy atom. The number of nitrogens with one attached hydrogen (secondary N) is 1. The molecule has 0 unspecified atom stereocenters. The predicted octanol–water partition coefficient (Wildman–Crippen LogP) is 1.52. The summed E-state index contributed by atoms with van der Waals surface area (Å²) >= 11 is 0. The highest BCUT2D eigenvalue weighted by Gasteiger charge is 2.31. The van der Waals surface area contributed by atoms with Crippen molar-refractivity contribution >= 4 is 5.91 Å². The Morgan fingerprint density at radius 2 is 2.00 bits per heavy atom. The van der Waals surface area contributed by atoms with Gasteiger partial charge in [0.05, 0.1) is 5.60 Å². The van der Waals surface area contributed by atoms with Gasteiger partial charge in [-0.2, -0.15) is 5.10 Å². The van der Waals surface area contributed by atoms with Crippen molar-refractivity contribution in [1.29, 1.82) is 0 Å². The topological polar surface area (TPSA) is 80.0 Å². The van der Waals surface area contributed by atoms with Gasteiger partial charge in [0.1, 0.15) is 6.33 Å².